The minimum Gasteiger partial charge on any atom is -0.313 e. The molecule has 21 heavy (non-hydrogen) atoms. The van der Waals surface area contributed by atoms with Crippen LogP contribution >= 0.6 is 11.8 Å². The molecule has 0 saturated heterocycles. The van der Waals surface area contributed by atoms with Crippen molar-refractivity contribution in [1.82, 2.24) is 5.32 Å². The Kier molecular flexibility index (Phi) is 6.06. The molecule has 1 aromatic rings. The van der Waals surface area contributed by atoms with Gasteiger partial charge in [0.2, 0.25) is 0 Å². The molecule has 1 N–H and O–H groups in total. The average molecular weight is 313 g/mol. The summed E-state index contributed by atoms with van der Waals surface area (Å²) in [7, 11) is 0. The molecule has 0 spiro atoms. The second-order valence-corrected chi connectivity index (χ2v) is 7.49. The third-order valence-electron chi connectivity index (χ3n) is 4.20. The van der Waals surface area contributed by atoms with E-state index >= 15 is 0 Å². The van der Waals surface area contributed by atoms with Crippen molar-refractivity contribution < 1.29 is 8.78 Å². The Morgan fingerprint density at radius 2 is 2.00 bits per heavy atom. The first-order chi connectivity index (χ1) is 10.0. The van der Waals surface area contributed by atoms with E-state index in [0.717, 1.165) is 25.8 Å². The minimum atomic E-state index is -0.367. The summed E-state index contributed by atoms with van der Waals surface area (Å²) in [6, 6.07) is 4.10. The van der Waals surface area contributed by atoms with E-state index in [2.05, 4.69) is 26.1 Å². The Balaban J connectivity index is 2.14. The van der Waals surface area contributed by atoms with Crippen LogP contribution in [-0.4, -0.2) is 17.8 Å². The summed E-state index contributed by atoms with van der Waals surface area (Å²) in [5, 5.41) is 3.89. The molecule has 0 bridgehead atoms. The van der Waals surface area contributed by atoms with E-state index in [1.807, 2.05) is 0 Å². The highest BCUT2D eigenvalue weighted by molar-refractivity contribution is 8.00. The van der Waals surface area contributed by atoms with E-state index in [1.165, 1.54) is 30.0 Å². The first-order valence-corrected chi connectivity index (χ1v) is 8.74. The second-order valence-electron chi connectivity index (χ2n) is 6.27. The summed E-state index contributed by atoms with van der Waals surface area (Å²) in [6.45, 7) is 7.63. The Morgan fingerprint density at radius 3 is 2.71 bits per heavy atom. The van der Waals surface area contributed by atoms with Crippen LogP contribution in [0.1, 0.15) is 40.0 Å². The standard InChI is InChI=1S/C17H25F2NS/c1-4-7-20-15-9-11(2)8-12(3)17(15)21-16-10-13(18)5-6-14(16)19/h5-6,10-12,15,17,20H,4,7-9H2,1-3H3. The van der Waals surface area contributed by atoms with Gasteiger partial charge in [0.25, 0.3) is 0 Å². The maximum Gasteiger partial charge on any atom is 0.136 e. The lowest BCUT2D eigenvalue weighted by atomic mass is 9.80. The zero-order valence-corrected chi connectivity index (χ0v) is 13.9. The van der Waals surface area contributed by atoms with Gasteiger partial charge in [0, 0.05) is 16.2 Å². The molecule has 1 saturated carbocycles. The molecule has 0 aromatic heterocycles. The number of halogens is 2. The van der Waals surface area contributed by atoms with Crippen molar-refractivity contribution in [2.75, 3.05) is 6.54 Å². The third kappa shape index (κ3) is 4.43. The summed E-state index contributed by atoms with van der Waals surface area (Å²) in [6.07, 6.45) is 3.35. The quantitative estimate of drug-likeness (QED) is 0.833. The number of hydrogen-bond acceptors (Lipinski definition) is 2. The fourth-order valence-corrected chi connectivity index (χ4v) is 4.64. The van der Waals surface area contributed by atoms with Crippen LogP contribution in [0.3, 0.4) is 0 Å². The molecule has 4 atom stereocenters. The lowest BCUT2D eigenvalue weighted by Gasteiger charge is -2.40. The first-order valence-electron chi connectivity index (χ1n) is 7.86. The highest BCUT2D eigenvalue weighted by atomic mass is 32.2. The van der Waals surface area contributed by atoms with Crippen LogP contribution < -0.4 is 5.32 Å². The van der Waals surface area contributed by atoms with Gasteiger partial charge in [0.1, 0.15) is 11.6 Å². The van der Waals surface area contributed by atoms with Crippen LogP contribution in [0.4, 0.5) is 8.78 Å². The van der Waals surface area contributed by atoms with E-state index < -0.39 is 0 Å². The normalized spacial score (nSPS) is 29.6. The fourth-order valence-electron chi connectivity index (χ4n) is 3.27. The van der Waals surface area contributed by atoms with E-state index in [9.17, 15) is 8.78 Å². The summed E-state index contributed by atoms with van der Waals surface area (Å²) < 4.78 is 27.3. The van der Waals surface area contributed by atoms with Crippen LogP contribution in [0, 0.1) is 23.5 Å². The molecule has 1 aliphatic carbocycles. The Labute approximate surface area is 130 Å². The van der Waals surface area contributed by atoms with Gasteiger partial charge >= 0.3 is 0 Å². The summed E-state index contributed by atoms with van der Waals surface area (Å²) in [5.74, 6) is 0.495. The van der Waals surface area contributed by atoms with Crippen LogP contribution in [0.2, 0.25) is 0 Å². The third-order valence-corrected chi connectivity index (χ3v) is 5.83. The summed E-state index contributed by atoms with van der Waals surface area (Å²) in [4.78, 5) is 0.435. The van der Waals surface area contributed by atoms with E-state index in [-0.39, 0.29) is 11.6 Å². The van der Waals surface area contributed by atoms with Gasteiger partial charge in [-0.05, 0) is 55.8 Å². The van der Waals surface area contributed by atoms with Crippen LogP contribution in [0.15, 0.2) is 23.1 Å². The number of benzene rings is 1. The highest BCUT2D eigenvalue weighted by Gasteiger charge is 2.34. The predicted molar refractivity (Wildman–Crippen MR) is 85.6 cm³/mol. The van der Waals surface area contributed by atoms with Crippen LogP contribution in [0.5, 0.6) is 0 Å². The maximum absolute atomic E-state index is 13.9. The second kappa shape index (κ2) is 7.59. The highest BCUT2D eigenvalue weighted by Crippen LogP contribution is 2.40. The zero-order chi connectivity index (χ0) is 15.4. The van der Waals surface area contributed by atoms with Gasteiger partial charge in [0.05, 0.1) is 0 Å². The van der Waals surface area contributed by atoms with Gasteiger partial charge in [0.15, 0.2) is 0 Å². The lowest BCUT2D eigenvalue weighted by molar-refractivity contribution is 0.249. The largest absolute Gasteiger partial charge is 0.313 e. The summed E-state index contributed by atoms with van der Waals surface area (Å²) >= 11 is 1.50. The Bertz CT molecular complexity index is 466. The molecule has 4 unspecified atom stereocenters. The monoisotopic (exact) mass is 313 g/mol. The van der Waals surface area contributed by atoms with Crippen molar-refractivity contribution in [3.8, 4) is 0 Å². The van der Waals surface area contributed by atoms with Crippen molar-refractivity contribution in [1.29, 1.82) is 0 Å². The molecule has 0 heterocycles. The smallest absolute Gasteiger partial charge is 0.136 e. The lowest BCUT2D eigenvalue weighted by Crippen LogP contribution is -2.46. The van der Waals surface area contributed by atoms with Crippen LogP contribution in [0.25, 0.3) is 0 Å². The van der Waals surface area contributed by atoms with Gasteiger partial charge in [-0.1, -0.05) is 20.8 Å². The van der Waals surface area contributed by atoms with E-state index in [4.69, 9.17) is 0 Å². The van der Waals surface area contributed by atoms with Crippen LogP contribution in [-0.2, 0) is 0 Å². The number of thioether (sulfide) groups is 1. The van der Waals surface area contributed by atoms with Crippen molar-refractivity contribution in [2.24, 2.45) is 11.8 Å². The topological polar surface area (TPSA) is 12.0 Å². The Hall–Kier alpha value is -0.610. The molecule has 0 amide bonds. The summed E-state index contributed by atoms with van der Waals surface area (Å²) in [5.41, 5.74) is 0. The van der Waals surface area contributed by atoms with E-state index in [1.54, 1.807) is 0 Å². The molecule has 0 aliphatic heterocycles. The first kappa shape index (κ1) is 16.8. The molecule has 118 valence electrons. The molecule has 4 heteroatoms. The molecule has 0 radical (unpaired) electrons. The number of hydrogen-bond donors (Lipinski definition) is 1. The molecule has 1 nitrogen and oxygen atoms in total. The fraction of sp³-hybridized carbons (Fsp3) is 0.647. The minimum absolute atomic E-state index is 0.295. The molecule has 2 rings (SSSR count). The number of rotatable bonds is 5. The number of nitrogens with one attached hydrogen (secondary N) is 1. The molecule has 1 fully saturated rings. The molecular weight excluding hydrogens is 288 g/mol. The molecular formula is C17H25F2NS. The van der Waals surface area contributed by atoms with Gasteiger partial charge < -0.3 is 5.32 Å². The van der Waals surface area contributed by atoms with Gasteiger partial charge in [-0.2, -0.15) is 0 Å². The predicted octanol–water partition coefficient (Wildman–Crippen LogP) is 4.86. The van der Waals surface area contributed by atoms with Crippen molar-refractivity contribution >= 4 is 11.8 Å². The molecule has 1 aromatic carbocycles. The van der Waals surface area contributed by atoms with Gasteiger partial charge in [-0.3, -0.25) is 0 Å². The van der Waals surface area contributed by atoms with Crippen molar-refractivity contribution in [3.63, 3.8) is 0 Å². The molecule has 1 aliphatic rings. The van der Waals surface area contributed by atoms with Gasteiger partial charge in [-0.25, -0.2) is 8.78 Å². The van der Waals surface area contributed by atoms with Gasteiger partial charge in [-0.15, -0.1) is 11.8 Å². The Morgan fingerprint density at radius 1 is 1.24 bits per heavy atom. The van der Waals surface area contributed by atoms with Crippen molar-refractivity contribution in [3.05, 3.63) is 29.8 Å². The zero-order valence-electron chi connectivity index (χ0n) is 13.0. The van der Waals surface area contributed by atoms with E-state index in [0.29, 0.717) is 28.0 Å². The van der Waals surface area contributed by atoms with Crippen molar-refractivity contribution in [2.45, 2.75) is 56.2 Å². The SMILES string of the molecule is CCCNC1CC(C)CC(C)C1Sc1cc(F)ccc1F. The maximum atomic E-state index is 13.9. The average Bonchev–Trinajstić information content (AvgIpc) is 2.43.